The standard InChI is InChI=1S/C16H16BrNO/c1-16(2)12-8-10(17)4-6-14(12)18-15-7-5-11(19-3)9-13(15)16/h4-9,18H,1-3H3. The molecule has 3 rings (SSSR count). The van der Waals surface area contributed by atoms with Gasteiger partial charge in [-0.15, -0.1) is 0 Å². The minimum absolute atomic E-state index is 0.0474. The summed E-state index contributed by atoms with van der Waals surface area (Å²) < 4.78 is 6.45. The molecule has 1 aliphatic heterocycles. The number of halogens is 1. The third-order valence-corrected chi connectivity index (χ3v) is 4.32. The summed E-state index contributed by atoms with van der Waals surface area (Å²) in [5.74, 6) is 0.895. The minimum Gasteiger partial charge on any atom is -0.497 e. The van der Waals surface area contributed by atoms with E-state index in [0.29, 0.717) is 0 Å². The molecule has 0 saturated heterocycles. The van der Waals surface area contributed by atoms with Crippen LogP contribution in [0.5, 0.6) is 5.75 Å². The number of anilines is 2. The zero-order chi connectivity index (χ0) is 13.6. The van der Waals surface area contributed by atoms with E-state index in [-0.39, 0.29) is 5.41 Å². The van der Waals surface area contributed by atoms with Gasteiger partial charge >= 0.3 is 0 Å². The van der Waals surface area contributed by atoms with Crippen LogP contribution in [0.25, 0.3) is 0 Å². The lowest BCUT2D eigenvalue weighted by Crippen LogP contribution is -2.26. The van der Waals surface area contributed by atoms with Crippen molar-refractivity contribution in [3.05, 3.63) is 52.0 Å². The zero-order valence-electron chi connectivity index (χ0n) is 11.3. The summed E-state index contributed by atoms with van der Waals surface area (Å²) in [6, 6.07) is 12.6. The summed E-state index contributed by atoms with van der Waals surface area (Å²) >= 11 is 3.56. The second kappa shape index (κ2) is 4.27. The predicted octanol–water partition coefficient (Wildman–Crippen LogP) is 4.84. The van der Waals surface area contributed by atoms with Gasteiger partial charge in [0.1, 0.15) is 5.75 Å². The van der Waals surface area contributed by atoms with E-state index in [0.717, 1.165) is 15.9 Å². The molecular weight excluding hydrogens is 302 g/mol. The van der Waals surface area contributed by atoms with Crippen molar-refractivity contribution in [1.82, 2.24) is 0 Å². The van der Waals surface area contributed by atoms with Gasteiger partial charge in [-0.3, -0.25) is 0 Å². The van der Waals surface area contributed by atoms with Crippen molar-refractivity contribution in [3.8, 4) is 5.75 Å². The monoisotopic (exact) mass is 317 g/mol. The first-order valence-electron chi connectivity index (χ1n) is 6.28. The van der Waals surface area contributed by atoms with Crippen molar-refractivity contribution in [2.75, 3.05) is 12.4 Å². The summed E-state index contributed by atoms with van der Waals surface area (Å²) in [5, 5.41) is 3.50. The average Bonchev–Trinajstić information content (AvgIpc) is 2.40. The van der Waals surface area contributed by atoms with Crippen molar-refractivity contribution in [2.24, 2.45) is 0 Å². The maximum absolute atomic E-state index is 5.35. The first-order valence-corrected chi connectivity index (χ1v) is 7.07. The quantitative estimate of drug-likeness (QED) is 0.812. The SMILES string of the molecule is COc1ccc2c(c1)C(C)(C)c1cc(Br)ccc1N2. The third kappa shape index (κ3) is 1.93. The summed E-state index contributed by atoms with van der Waals surface area (Å²) in [6.45, 7) is 4.49. The van der Waals surface area contributed by atoms with Crippen LogP contribution in [0.4, 0.5) is 11.4 Å². The Hall–Kier alpha value is -1.48. The number of ether oxygens (including phenoxy) is 1. The van der Waals surface area contributed by atoms with E-state index in [4.69, 9.17) is 4.74 Å². The highest BCUT2D eigenvalue weighted by Crippen LogP contribution is 2.46. The zero-order valence-corrected chi connectivity index (χ0v) is 12.8. The van der Waals surface area contributed by atoms with Crippen LogP contribution >= 0.6 is 15.9 Å². The van der Waals surface area contributed by atoms with Gasteiger partial charge in [-0.25, -0.2) is 0 Å². The van der Waals surface area contributed by atoms with Gasteiger partial charge < -0.3 is 10.1 Å². The third-order valence-electron chi connectivity index (χ3n) is 3.82. The van der Waals surface area contributed by atoms with Crippen LogP contribution in [0.15, 0.2) is 40.9 Å². The highest BCUT2D eigenvalue weighted by atomic mass is 79.9. The molecule has 0 bridgehead atoms. The molecule has 0 unspecified atom stereocenters. The Bertz CT molecular complexity index is 649. The number of hydrogen-bond acceptors (Lipinski definition) is 2. The molecule has 0 atom stereocenters. The van der Waals surface area contributed by atoms with E-state index in [1.807, 2.05) is 6.07 Å². The van der Waals surface area contributed by atoms with Crippen molar-refractivity contribution >= 4 is 27.3 Å². The number of fused-ring (bicyclic) bond motifs is 2. The lowest BCUT2D eigenvalue weighted by atomic mass is 9.74. The summed E-state index contributed by atoms with van der Waals surface area (Å²) in [7, 11) is 1.70. The number of methoxy groups -OCH3 is 1. The molecule has 2 nitrogen and oxygen atoms in total. The Kier molecular flexibility index (Phi) is 2.82. The van der Waals surface area contributed by atoms with Crippen molar-refractivity contribution in [2.45, 2.75) is 19.3 Å². The van der Waals surface area contributed by atoms with Gasteiger partial charge in [0.05, 0.1) is 7.11 Å². The topological polar surface area (TPSA) is 21.3 Å². The molecule has 19 heavy (non-hydrogen) atoms. The Balaban J connectivity index is 2.22. The molecule has 0 fully saturated rings. The Morgan fingerprint density at radius 1 is 1.00 bits per heavy atom. The highest BCUT2D eigenvalue weighted by molar-refractivity contribution is 9.10. The molecule has 2 aromatic rings. The molecule has 0 aromatic heterocycles. The van der Waals surface area contributed by atoms with E-state index >= 15 is 0 Å². The molecule has 0 radical (unpaired) electrons. The van der Waals surface area contributed by atoms with Crippen LogP contribution in [-0.4, -0.2) is 7.11 Å². The molecule has 0 spiro atoms. The maximum Gasteiger partial charge on any atom is 0.119 e. The number of nitrogens with one attached hydrogen (secondary N) is 1. The van der Waals surface area contributed by atoms with Crippen LogP contribution in [0.1, 0.15) is 25.0 Å². The second-order valence-corrected chi connectivity index (χ2v) is 6.27. The fraction of sp³-hybridized carbons (Fsp3) is 0.250. The number of benzene rings is 2. The van der Waals surface area contributed by atoms with Crippen LogP contribution in [0.3, 0.4) is 0 Å². The maximum atomic E-state index is 5.35. The lowest BCUT2D eigenvalue weighted by Gasteiger charge is -2.36. The van der Waals surface area contributed by atoms with Crippen LogP contribution in [0, 0.1) is 0 Å². The second-order valence-electron chi connectivity index (χ2n) is 5.35. The van der Waals surface area contributed by atoms with E-state index in [2.05, 4.69) is 65.4 Å². The summed E-state index contributed by atoms with van der Waals surface area (Å²) in [4.78, 5) is 0. The number of hydrogen-bond donors (Lipinski definition) is 1. The van der Waals surface area contributed by atoms with Gasteiger partial charge in [0.2, 0.25) is 0 Å². The minimum atomic E-state index is -0.0474. The van der Waals surface area contributed by atoms with Crippen molar-refractivity contribution in [1.29, 1.82) is 0 Å². The first-order chi connectivity index (χ1) is 9.02. The van der Waals surface area contributed by atoms with Crippen molar-refractivity contribution < 1.29 is 4.74 Å². The Labute approximate surface area is 121 Å². The normalized spacial score (nSPS) is 15.2. The van der Waals surface area contributed by atoms with Gasteiger partial charge in [-0.1, -0.05) is 29.8 Å². The lowest BCUT2D eigenvalue weighted by molar-refractivity contribution is 0.413. The number of rotatable bonds is 1. The van der Waals surface area contributed by atoms with Crippen LogP contribution in [0.2, 0.25) is 0 Å². The fourth-order valence-electron chi connectivity index (χ4n) is 2.71. The van der Waals surface area contributed by atoms with Gasteiger partial charge in [0.25, 0.3) is 0 Å². The highest BCUT2D eigenvalue weighted by Gasteiger charge is 2.32. The van der Waals surface area contributed by atoms with E-state index in [9.17, 15) is 0 Å². The molecular formula is C16H16BrNO. The van der Waals surface area contributed by atoms with E-state index in [1.54, 1.807) is 7.11 Å². The van der Waals surface area contributed by atoms with Crippen LogP contribution < -0.4 is 10.1 Å². The molecule has 98 valence electrons. The molecule has 2 aromatic carbocycles. The van der Waals surface area contributed by atoms with Gasteiger partial charge in [-0.2, -0.15) is 0 Å². The summed E-state index contributed by atoms with van der Waals surface area (Å²) in [6.07, 6.45) is 0. The first kappa shape index (κ1) is 12.5. The Morgan fingerprint density at radius 3 is 2.32 bits per heavy atom. The smallest absolute Gasteiger partial charge is 0.119 e. The molecule has 1 heterocycles. The average molecular weight is 318 g/mol. The van der Waals surface area contributed by atoms with Gasteiger partial charge in [0, 0.05) is 21.3 Å². The van der Waals surface area contributed by atoms with E-state index in [1.165, 1.54) is 16.8 Å². The molecule has 3 heteroatoms. The molecule has 0 saturated carbocycles. The van der Waals surface area contributed by atoms with Crippen LogP contribution in [-0.2, 0) is 5.41 Å². The van der Waals surface area contributed by atoms with Gasteiger partial charge in [0.15, 0.2) is 0 Å². The van der Waals surface area contributed by atoms with E-state index < -0.39 is 0 Å². The van der Waals surface area contributed by atoms with Crippen molar-refractivity contribution in [3.63, 3.8) is 0 Å². The molecule has 1 aliphatic rings. The molecule has 1 N–H and O–H groups in total. The fourth-order valence-corrected chi connectivity index (χ4v) is 3.07. The largest absolute Gasteiger partial charge is 0.497 e. The Morgan fingerprint density at radius 2 is 1.63 bits per heavy atom. The summed E-state index contributed by atoms with van der Waals surface area (Å²) in [5.41, 5.74) is 4.83. The molecule has 0 aliphatic carbocycles. The predicted molar refractivity (Wildman–Crippen MR) is 82.5 cm³/mol. The molecule has 0 amide bonds. The van der Waals surface area contributed by atoms with Gasteiger partial charge in [-0.05, 0) is 47.5 Å².